The molecule has 56 heavy (non-hydrogen) atoms. The topological polar surface area (TPSA) is 13.1 Å². The minimum absolute atomic E-state index is 0.897. The maximum absolute atomic E-state index is 6.78. The molecule has 0 atom stereocenters. The van der Waals surface area contributed by atoms with Gasteiger partial charge in [0, 0.05) is 30.9 Å². The lowest BCUT2D eigenvalue weighted by atomic mass is 9.82. The van der Waals surface area contributed by atoms with Crippen LogP contribution in [0.4, 0.5) is 0 Å². The highest BCUT2D eigenvalue weighted by Crippen LogP contribution is 2.50. The molecule has 0 aliphatic rings. The minimum Gasteiger partial charge on any atom is -0.456 e. The fraction of sp³-hybridized carbons (Fsp3) is 0. The second-order valence-corrected chi connectivity index (χ2v) is 15.8. The van der Waals surface area contributed by atoms with Gasteiger partial charge < -0.3 is 4.42 Å². The van der Waals surface area contributed by atoms with Gasteiger partial charge in [-0.3, -0.25) is 0 Å². The van der Waals surface area contributed by atoms with Crippen LogP contribution in [0, 0.1) is 0 Å². The molecule has 0 saturated carbocycles. The average Bonchev–Trinajstić information content (AvgIpc) is 3.84. The summed E-state index contributed by atoms with van der Waals surface area (Å²) >= 11 is 1.86. The van der Waals surface area contributed by atoms with Gasteiger partial charge in [-0.05, 0) is 119 Å². The third kappa shape index (κ3) is 4.67. The molecule has 12 rings (SSSR count). The molecule has 10 aromatic carbocycles. The van der Waals surface area contributed by atoms with Gasteiger partial charge >= 0.3 is 0 Å². The van der Waals surface area contributed by atoms with Crippen LogP contribution in [0.1, 0.15) is 0 Å². The lowest BCUT2D eigenvalue weighted by molar-refractivity contribution is 0.669. The zero-order chi connectivity index (χ0) is 36.7. The van der Waals surface area contributed by atoms with Gasteiger partial charge in [0.05, 0.1) is 0 Å². The SMILES string of the molecule is c1ccc(-c2cc(-c3c4ccccc4c(-c4cc(-c5cccc6sc7ccccc7c56)cc5oc6ccccc6c45)c4ccccc34)c3ccccc3c2)cc1. The third-order valence-electron chi connectivity index (χ3n) is 11.6. The van der Waals surface area contributed by atoms with Crippen LogP contribution in [0.25, 0.3) is 119 Å². The first-order valence-corrected chi connectivity index (χ1v) is 20.0. The normalized spacial score (nSPS) is 11.9. The summed E-state index contributed by atoms with van der Waals surface area (Å²) in [6, 6.07) is 71.0. The van der Waals surface area contributed by atoms with Gasteiger partial charge in [0.15, 0.2) is 0 Å². The van der Waals surface area contributed by atoms with Crippen molar-refractivity contribution in [1.29, 1.82) is 0 Å². The van der Waals surface area contributed by atoms with Crippen molar-refractivity contribution in [2.75, 3.05) is 0 Å². The zero-order valence-corrected chi connectivity index (χ0v) is 31.1. The summed E-state index contributed by atoms with van der Waals surface area (Å²) in [5.41, 5.74) is 11.5. The van der Waals surface area contributed by atoms with Gasteiger partial charge in [0.2, 0.25) is 0 Å². The summed E-state index contributed by atoms with van der Waals surface area (Å²) in [4.78, 5) is 0. The van der Waals surface area contributed by atoms with Crippen LogP contribution in [0.2, 0.25) is 0 Å². The Morgan fingerprint density at radius 2 is 0.875 bits per heavy atom. The molecule has 0 aliphatic carbocycles. The zero-order valence-electron chi connectivity index (χ0n) is 30.3. The number of fused-ring (bicyclic) bond motifs is 9. The van der Waals surface area contributed by atoms with Crippen molar-refractivity contribution in [2.45, 2.75) is 0 Å². The Morgan fingerprint density at radius 3 is 1.62 bits per heavy atom. The molecule has 0 saturated heterocycles. The molecule has 260 valence electrons. The second kappa shape index (κ2) is 12.3. The molecule has 2 heteroatoms. The lowest BCUT2D eigenvalue weighted by Crippen LogP contribution is -1.93. The highest BCUT2D eigenvalue weighted by Gasteiger charge is 2.23. The first-order chi connectivity index (χ1) is 27.8. The number of benzene rings is 10. The Balaban J connectivity index is 1.23. The van der Waals surface area contributed by atoms with E-state index in [1.165, 1.54) is 91.4 Å². The van der Waals surface area contributed by atoms with Gasteiger partial charge in [-0.1, -0.05) is 152 Å². The monoisotopic (exact) mass is 728 g/mol. The molecule has 0 fully saturated rings. The van der Waals surface area contributed by atoms with E-state index in [-0.39, 0.29) is 0 Å². The van der Waals surface area contributed by atoms with E-state index < -0.39 is 0 Å². The summed E-state index contributed by atoms with van der Waals surface area (Å²) in [5, 5.41) is 12.2. The van der Waals surface area contributed by atoms with Crippen LogP contribution in [0.15, 0.2) is 199 Å². The summed E-state index contributed by atoms with van der Waals surface area (Å²) in [7, 11) is 0. The third-order valence-corrected chi connectivity index (χ3v) is 12.8. The molecule has 0 radical (unpaired) electrons. The maximum atomic E-state index is 6.78. The number of hydrogen-bond donors (Lipinski definition) is 0. The van der Waals surface area contributed by atoms with E-state index in [0.717, 1.165) is 27.5 Å². The first-order valence-electron chi connectivity index (χ1n) is 19.2. The van der Waals surface area contributed by atoms with E-state index in [2.05, 4.69) is 194 Å². The number of para-hydroxylation sites is 1. The van der Waals surface area contributed by atoms with Gasteiger partial charge in [-0.2, -0.15) is 0 Å². The van der Waals surface area contributed by atoms with Crippen LogP contribution in [-0.2, 0) is 0 Å². The summed E-state index contributed by atoms with van der Waals surface area (Å²) in [6.07, 6.45) is 0. The number of thiophene rings is 1. The highest BCUT2D eigenvalue weighted by molar-refractivity contribution is 7.25. The smallest absolute Gasteiger partial charge is 0.136 e. The Kier molecular flexibility index (Phi) is 6.87. The van der Waals surface area contributed by atoms with Crippen molar-refractivity contribution in [3.05, 3.63) is 194 Å². The number of hydrogen-bond acceptors (Lipinski definition) is 2. The van der Waals surface area contributed by atoms with Crippen molar-refractivity contribution in [3.63, 3.8) is 0 Å². The molecular formula is C54H32OS. The van der Waals surface area contributed by atoms with Crippen LogP contribution >= 0.6 is 11.3 Å². The van der Waals surface area contributed by atoms with E-state index >= 15 is 0 Å². The molecular weight excluding hydrogens is 697 g/mol. The van der Waals surface area contributed by atoms with Crippen molar-refractivity contribution < 1.29 is 4.42 Å². The standard InChI is InChI=1S/C54H32OS/c1-2-15-33(16-3-1)35-29-34-17-4-5-18-37(34)45(30-35)51-39-19-6-8-21-41(39)52(42-22-9-7-20-40(42)51)46-31-36(32-48-53(46)43-23-10-12-26-47(43)55-48)38-25-14-28-50-54(38)44-24-11-13-27-49(44)56-50/h1-32H. The highest BCUT2D eigenvalue weighted by atomic mass is 32.1. The largest absolute Gasteiger partial charge is 0.456 e. The Labute approximate surface area is 327 Å². The van der Waals surface area contributed by atoms with Crippen LogP contribution in [-0.4, -0.2) is 0 Å². The molecule has 0 aliphatic heterocycles. The van der Waals surface area contributed by atoms with E-state index in [1.54, 1.807) is 0 Å². The quantitative estimate of drug-likeness (QED) is 0.165. The van der Waals surface area contributed by atoms with Gasteiger partial charge in [0.1, 0.15) is 11.2 Å². The Bertz CT molecular complexity index is 3470. The van der Waals surface area contributed by atoms with Gasteiger partial charge in [-0.15, -0.1) is 11.3 Å². The fourth-order valence-corrected chi connectivity index (χ4v) is 10.4. The molecule has 12 aromatic rings. The van der Waals surface area contributed by atoms with E-state index in [1.807, 2.05) is 11.3 Å². The van der Waals surface area contributed by atoms with Crippen molar-refractivity contribution in [2.24, 2.45) is 0 Å². The van der Waals surface area contributed by atoms with Crippen molar-refractivity contribution >= 4 is 85.8 Å². The molecule has 2 heterocycles. The van der Waals surface area contributed by atoms with Crippen LogP contribution < -0.4 is 0 Å². The molecule has 0 bridgehead atoms. The maximum Gasteiger partial charge on any atom is 0.136 e. The second-order valence-electron chi connectivity index (χ2n) is 14.7. The first kappa shape index (κ1) is 31.4. The number of furan rings is 1. The Hall–Kier alpha value is -7.00. The molecule has 0 N–H and O–H groups in total. The van der Waals surface area contributed by atoms with E-state index in [0.29, 0.717) is 0 Å². The van der Waals surface area contributed by atoms with E-state index in [4.69, 9.17) is 4.42 Å². The summed E-state index contributed by atoms with van der Waals surface area (Å²) in [6.45, 7) is 0. The minimum atomic E-state index is 0.897. The van der Waals surface area contributed by atoms with Crippen molar-refractivity contribution in [1.82, 2.24) is 0 Å². The van der Waals surface area contributed by atoms with Gasteiger partial charge in [-0.25, -0.2) is 0 Å². The summed E-state index contributed by atoms with van der Waals surface area (Å²) in [5.74, 6) is 0. The van der Waals surface area contributed by atoms with Gasteiger partial charge in [0.25, 0.3) is 0 Å². The van der Waals surface area contributed by atoms with Crippen molar-refractivity contribution in [3.8, 4) is 44.5 Å². The molecule has 2 aromatic heterocycles. The van der Waals surface area contributed by atoms with Crippen LogP contribution in [0.5, 0.6) is 0 Å². The molecule has 0 spiro atoms. The molecule has 0 amide bonds. The molecule has 0 unspecified atom stereocenters. The fourth-order valence-electron chi connectivity index (χ4n) is 9.25. The predicted molar refractivity (Wildman–Crippen MR) is 241 cm³/mol. The van der Waals surface area contributed by atoms with E-state index in [9.17, 15) is 0 Å². The Morgan fingerprint density at radius 1 is 0.304 bits per heavy atom. The number of rotatable bonds is 4. The molecule has 1 nitrogen and oxygen atoms in total. The average molecular weight is 729 g/mol. The summed E-state index contributed by atoms with van der Waals surface area (Å²) < 4.78 is 9.38. The lowest BCUT2D eigenvalue weighted by Gasteiger charge is -2.20. The van der Waals surface area contributed by atoms with Crippen LogP contribution in [0.3, 0.4) is 0 Å². The predicted octanol–water partition coefficient (Wildman–Crippen LogP) is 16.1.